The normalized spacial score (nSPS) is 17.6. The Balaban J connectivity index is 2.11. The maximum absolute atomic E-state index is 11.8. The molecule has 1 amide bonds. The van der Waals surface area contributed by atoms with Crippen LogP contribution in [0, 0.1) is 6.92 Å². The van der Waals surface area contributed by atoms with Crippen molar-refractivity contribution < 1.29 is 9.53 Å². The van der Waals surface area contributed by atoms with E-state index in [4.69, 9.17) is 10.5 Å². The lowest BCUT2D eigenvalue weighted by Gasteiger charge is -2.25. The van der Waals surface area contributed by atoms with Crippen molar-refractivity contribution in [1.29, 1.82) is 0 Å². The summed E-state index contributed by atoms with van der Waals surface area (Å²) in [4.78, 5) is 11.8. The van der Waals surface area contributed by atoms with Crippen LogP contribution < -0.4 is 11.1 Å². The van der Waals surface area contributed by atoms with Gasteiger partial charge in [0.1, 0.15) is 5.60 Å². The fourth-order valence-electron chi connectivity index (χ4n) is 2.82. The van der Waals surface area contributed by atoms with Gasteiger partial charge in [-0.1, -0.05) is 25.0 Å². The second-order valence-electron chi connectivity index (χ2n) is 7.02. The Kier molecular flexibility index (Phi) is 4.28. The molecule has 4 heteroatoms. The van der Waals surface area contributed by atoms with Crippen molar-refractivity contribution in [1.82, 2.24) is 0 Å². The van der Waals surface area contributed by atoms with Gasteiger partial charge in [0.25, 0.3) is 0 Å². The molecule has 1 aromatic carbocycles. The topological polar surface area (TPSA) is 64.3 Å². The summed E-state index contributed by atoms with van der Waals surface area (Å²) in [6.07, 6.45) is 4.01. The molecule has 116 valence electrons. The van der Waals surface area contributed by atoms with Crippen LogP contribution in [0.15, 0.2) is 18.2 Å². The Labute approximate surface area is 127 Å². The van der Waals surface area contributed by atoms with E-state index in [9.17, 15) is 4.79 Å². The number of aryl methyl sites for hydroxylation is 1. The van der Waals surface area contributed by atoms with Crippen molar-refractivity contribution in [2.45, 2.75) is 64.5 Å². The van der Waals surface area contributed by atoms with E-state index in [1.165, 1.54) is 12.8 Å². The van der Waals surface area contributed by atoms with Gasteiger partial charge >= 0.3 is 6.09 Å². The minimum atomic E-state index is -0.497. The van der Waals surface area contributed by atoms with Crippen molar-refractivity contribution in [3.63, 3.8) is 0 Å². The second-order valence-corrected chi connectivity index (χ2v) is 7.02. The van der Waals surface area contributed by atoms with E-state index in [0.717, 1.165) is 29.7 Å². The number of anilines is 1. The number of hydrogen-bond donors (Lipinski definition) is 2. The molecule has 0 aliphatic heterocycles. The molecule has 21 heavy (non-hydrogen) atoms. The smallest absolute Gasteiger partial charge is 0.412 e. The van der Waals surface area contributed by atoms with Crippen LogP contribution in [0.2, 0.25) is 0 Å². The monoisotopic (exact) mass is 290 g/mol. The highest BCUT2D eigenvalue weighted by Gasteiger charge is 2.31. The number of amides is 1. The summed E-state index contributed by atoms with van der Waals surface area (Å²) in [6, 6.07) is 6.02. The van der Waals surface area contributed by atoms with E-state index in [2.05, 4.69) is 11.4 Å². The molecule has 1 aliphatic carbocycles. The highest BCUT2D eigenvalue weighted by molar-refractivity contribution is 5.86. The fourth-order valence-corrected chi connectivity index (χ4v) is 2.82. The maximum Gasteiger partial charge on any atom is 0.412 e. The van der Waals surface area contributed by atoms with Crippen molar-refractivity contribution in [3.05, 3.63) is 29.3 Å². The molecule has 0 radical (unpaired) electrons. The zero-order chi connectivity index (χ0) is 15.7. The molecular formula is C17H26N2O2. The summed E-state index contributed by atoms with van der Waals surface area (Å²) in [5.74, 6) is 0. The van der Waals surface area contributed by atoms with Crippen LogP contribution >= 0.6 is 0 Å². The number of benzene rings is 1. The predicted octanol–water partition coefficient (Wildman–Crippen LogP) is 4.07. The molecule has 1 aromatic rings. The molecule has 0 bridgehead atoms. The Morgan fingerprint density at radius 3 is 2.43 bits per heavy atom. The molecule has 4 nitrogen and oxygen atoms in total. The van der Waals surface area contributed by atoms with Crippen molar-refractivity contribution in [2.24, 2.45) is 5.73 Å². The van der Waals surface area contributed by atoms with Gasteiger partial charge in [-0.3, -0.25) is 5.32 Å². The van der Waals surface area contributed by atoms with Gasteiger partial charge in [0.2, 0.25) is 0 Å². The highest BCUT2D eigenvalue weighted by Crippen LogP contribution is 2.37. The van der Waals surface area contributed by atoms with Gasteiger partial charge in [-0.2, -0.15) is 0 Å². The van der Waals surface area contributed by atoms with Crippen LogP contribution in [-0.4, -0.2) is 11.7 Å². The lowest BCUT2D eigenvalue weighted by Crippen LogP contribution is -2.33. The van der Waals surface area contributed by atoms with Crippen LogP contribution in [-0.2, 0) is 10.3 Å². The van der Waals surface area contributed by atoms with Crippen LogP contribution in [0.3, 0.4) is 0 Å². The molecule has 0 unspecified atom stereocenters. The van der Waals surface area contributed by atoms with E-state index in [0.29, 0.717) is 0 Å². The summed E-state index contributed by atoms with van der Waals surface area (Å²) in [7, 11) is 0. The third kappa shape index (κ3) is 3.97. The van der Waals surface area contributed by atoms with Crippen molar-refractivity contribution in [3.8, 4) is 0 Å². The molecule has 0 atom stereocenters. The molecule has 1 aliphatic rings. The first-order chi connectivity index (χ1) is 9.70. The lowest BCUT2D eigenvalue weighted by molar-refractivity contribution is 0.0636. The van der Waals surface area contributed by atoms with Crippen LogP contribution in [0.1, 0.15) is 57.6 Å². The minimum Gasteiger partial charge on any atom is -0.444 e. The summed E-state index contributed by atoms with van der Waals surface area (Å²) >= 11 is 0. The lowest BCUT2D eigenvalue weighted by atomic mass is 9.88. The standard InChI is InChI=1S/C17H26N2O2/c1-12-11-13(17(18)9-5-6-10-17)7-8-14(12)19-15(20)21-16(2,3)4/h7-8,11H,5-6,9-10,18H2,1-4H3,(H,19,20). The Bertz CT molecular complexity index is 526. The summed E-state index contributed by atoms with van der Waals surface area (Å²) < 4.78 is 5.27. The quantitative estimate of drug-likeness (QED) is 0.863. The molecule has 0 heterocycles. The number of rotatable bonds is 2. The van der Waals surface area contributed by atoms with Gasteiger partial charge in [-0.05, 0) is 57.7 Å². The third-order valence-corrected chi connectivity index (χ3v) is 3.93. The molecular weight excluding hydrogens is 264 g/mol. The second kappa shape index (κ2) is 5.68. The molecule has 1 fully saturated rings. The number of ether oxygens (including phenoxy) is 1. The number of nitrogens with two attached hydrogens (primary N) is 1. The largest absolute Gasteiger partial charge is 0.444 e. The van der Waals surface area contributed by atoms with Gasteiger partial charge in [0, 0.05) is 11.2 Å². The average Bonchev–Trinajstić information content (AvgIpc) is 2.77. The molecule has 3 N–H and O–H groups in total. The third-order valence-electron chi connectivity index (χ3n) is 3.93. The summed E-state index contributed by atoms with van der Waals surface area (Å²) in [6.45, 7) is 7.52. The first-order valence-corrected chi connectivity index (χ1v) is 7.60. The molecule has 0 spiro atoms. The van der Waals surface area contributed by atoms with Crippen molar-refractivity contribution >= 4 is 11.8 Å². The van der Waals surface area contributed by atoms with E-state index in [1.54, 1.807) is 0 Å². The number of nitrogens with one attached hydrogen (secondary N) is 1. The van der Waals surface area contributed by atoms with Crippen LogP contribution in [0.4, 0.5) is 10.5 Å². The molecule has 1 saturated carbocycles. The maximum atomic E-state index is 11.8. The first kappa shape index (κ1) is 15.8. The zero-order valence-corrected chi connectivity index (χ0v) is 13.5. The van der Waals surface area contributed by atoms with Gasteiger partial charge in [-0.15, -0.1) is 0 Å². The highest BCUT2D eigenvalue weighted by atomic mass is 16.6. The van der Waals surface area contributed by atoms with Gasteiger partial charge in [0.15, 0.2) is 0 Å². The first-order valence-electron chi connectivity index (χ1n) is 7.60. The van der Waals surface area contributed by atoms with Gasteiger partial charge in [-0.25, -0.2) is 4.79 Å². The minimum absolute atomic E-state index is 0.199. The number of carbonyl (C=O) groups is 1. The molecule has 2 rings (SSSR count). The summed E-state index contributed by atoms with van der Waals surface area (Å²) in [5, 5.41) is 2.80. The van der Waals surface area contributed by atoms with E-state index in [-0.39, 0.29) is 5.54 Å². The molecule has 0 aromatic heterocycles. The Hall–Kier alpha value is -1.55. The predicted molar refractivity (Wildman–Crippen MR) is 85.4 cm³/mol. The average molecular weight is 290 g/mol. The molecule has 0 saturated heterocycles. The van der Waals surface area contributed by atoms with Crippen molar-refractivity contribution in [2.75, 3.05) is 5.32 Å². The van der Waals surface area contributed by atoms with E-state index in [1.807, 2.05) is 39.8 Å². The zero-order valence-electron chi connectivity index (χ0n) is 13.5. The summed E-state index contributed by atoms with van der Waals surface area (Å²) in [5.41, 5.74) is 8.72. The fraction of sp³-hybridized carbons (Fsp3) is 0.588. The Morgan fingerprint density at radius 2 is 1.90 bits per heavy atom. The van der Waals surface area contributed by atoms with Crippen LogP contribution in [0.25, 0.3) is 0 Å². The van der Waals surface area contributed by atoms with E-state index < -0.39 is 11.7 Å². The number of hydrogen-bond acceptors (Lipinski definition) is 3. The van der Waals surface area contributed by atoms with Gasteiger partial charge in [0.05, 0.1) is 0 Å². The van der Waals surface area contributed by atoms with E-state index >= 15 is 0 Å². The SMILES string of the molecule is Cc1cc(C2(N)CCCC2)ccc1NC(=O)OC(C)(C)C. The van der Waals surface area contributed by atoms with Gasteiger partial charge < -0.3 is 10.5 Å². The number of carbonyl (C=O) groups excluding carboxylic acids is 1. The Morgan fingerprint density at radius 1 is 1.29 bits per heavy atom. The van der Waals surface area contributed by atoms with Crippen LogP contribution in [0.5, 0.6) is 0 Å².